The van der Waals surface area contributed by atoms with Gasteiger partial charge in [0, 0.05) is 0 Å². The molecule has 0 aliphatic rings. The van der Waals surface area contributed by atoms with E-state index in [1.54, 1.807) is 0 Å². The fraction of sp³-hybridized carbons (Fsp3) is 0.688. The van der Waals surface area contributed by atoms with E-state index in [1.165, 1.54) is 112 Å². The van der Waals surface area contributed by atoms with Crippen molar-refractivity contribution in [3.63, 3.8) is 0 Å². The quantitative estimate of drug-likeness (QED) is 0.180. The minimum absolute atomic E-state index is 0. The Kier molecular flexibility index (Phi) is 19.4. The first-order chi connectivity index (χ1) is 16.8. The molecule has 0 heterocycles. The van der Waals surface area contributed by atoms with Crippen molar-refractivity contribution in [3.05, 3.63) is 42.5 Å². The third kappa shape index (κ3) is 16.5. The van der Waals surface area contributed by atoms with Crippen LogP contribution in [0.2, 0.25) is 0 Å². The molecule has 0 N–H and O–H groups in total. The zero-order chi connectivity index (χ0) is 25.4. The van der Waals surface area contributed by atoms with Crippen LogP contribution in [0.1, 0.15) is 84.0 Å². The van der Waals surface area contributed by atoms with Gasteiger partial charge >= 0.3 is 0 Å². The van der Waals surface area contributed by atoms with Gasteiger partial charge in [0.05, 0.1) is 47.9 Å². The van der Waals surface area contributed by atoms with Crippen molar-refractivity contribution >= 4 is 10.8 Å². The van der Waals surface area contributed by atoms with Crippen LogP contribution < -0.4 is 29.6 Å². The van der Waals surface area contributed by atoms with Crippen molar-refractivity contribution in [1.29, 1.82) is 0 Å². The Balaban J connectivity index is 0.00000648. The normalized spacial score (nSPS) is 11.7. The predicted molar refractivity (Wildman–Crippen MR) is 154 cm³/mol. The van der Waals surface area contributed by atoms with Gasteiger partial charge in [-0.25, -0.2) is 0 Å². The predicted octanol–water partition coefficient (Wildman–Crippen LogP) is 2.08. The van der Waals surface area contributed by atoms with E-state index < -0.39 is 0 Å². The smallest absolute Gasteiger partial charge is 0.128 e. The monoisotopic (exact) mass is 554 g/mol. The number of benzene rings is 2. The largest absolute Gasteiger partial charge is 1.00 e. The Labute approximate surface area is 242 Å². The molecular formula is C32H56Cl2N2O. The van der Waals surface area contributed by atoms with E-state index in [4.69, 9.17) is 4.74 Å². The van der Waals surface area contributed by atoms with Crippen LogP contribution in [0.3, 0.4) is 0 Å². The second kappa shape index (κ2) is 20.0. The van der Waals surface area contributed by atoms with Crippen molar-refractivity contribution in [2.75, 3.05) is 61.0 Å². The van der Waals surface area contributed by atoms with Gasteiger partial charge in [-0.3, -0.25) is 0 Å². The molecule has 3 nitrogen and oxygen atoms in total. The highest BCUT2D eigenvalue weighted by Crippen LogP contribution is 2.21. The van der Waals surface area contributed by atoms with Crippen LogP contribution in [-0.4, -0.2) is 69.9 Å². The lowest BCUT2D eigenvalue weighted by atomic mass is 10.0. The molecule has 0 saturated heterocycles. The molecule has 2 rings (SSSR count). The number of nitrogens with zero attached hydrogens (tertiary/aromatic N) is 2. The number of hydrogen-bond donors (Lipinski definition) is 0. The Morgan fingerprint density at radius 1 is 0.541 bits per heavy atom. The molecule has 0 aliphatic heterocycles. The zero-order valence-electron chi connectivity index (χ0n) is 24.6. The third-order valence-electron chi connectivity index (χ3n) is 7.81. The molecule has 2 aromatic carbocycles. The first-order valence-corrected chi connectivity index (χ1v) is 14.6. The Hall–Kier alpha value is -1.000. The molecule has 0 fully saturated rings. The lowest BCUT2D eigenvalue weighted by Crippen LogP contribution is -3.00. The maximum atomic E-state index is 5.96. The van der Waals surface area contributed by atoms with E-state index >= 15 is 0 Å². The van der Waals surface area contributed by atoms with Gasteiger partial charge in [0.15, 0.2) is 0 Å². The van der Waals surface area contributed by atoms with Gasteiger partial charge in [-0.1, -0.05) is 88.1 Å². The number of fused-ring (bicyclic) bond motifs is 1. The van der Waals surface area contributed by atoms with E-state index in [1.807, 2.05) is 0 Å². The number of quaternary nitrogens is 2. The molecule has 214 valence electrons. The molecule has 2 aromatic rings. The number of ether oxygens (including phenoxy) is 1. The number of rotatable bonds is 20. The SMILES string of the molecule is CC[N+](C)(C)CC[N+](C)(C)CCCCCCCCCCCCCCOc1ccc2ccccc2c1.[Cl-].[Cl-]. The molecular weight excluding hydrogens is 499 g/mol. The molecule has 0 saturated carbocycles. The van der Waals surface area contributed by atoms with Crippen LogP contribution in [0.25, 0.3) is 10.8 Å². The Bertz CT molecular complexity index is 825. The summed E-state index contributed by atoms with van der Waals surface area (Å²) in [6.07, 6.45) is 16.5. The standard InChI is InChI=1S/C32H56N2O.2ClH/c1-6-33(2,3)26-27-34(4,5)25-19-15-13-11-9-7-8-10-12-14-16-20-28-35-32-24-23-30-21-17-18-22-31(30)29-32;;/h17-18,21-24,29H,6-16,19-20,25-28H2,1-5H3;2*1H/q+2;;/p-2. The van der Waals surface area contributed by atoms with Gasteiger partial charge < -0.3 is 38.5 Å². The fourth-order valence-corrected chi connectivity index (χ4v) is 4.67. The summed E-state index contributed by atoms with van der Waals surface area (Å²) in [5.41, 5.74) is 0. The van der Waals surface area contributed by atoms with Crippen molar-refractivity contribution in [3.8, 4) is 5.75 Å². The molecule has 0 aliphatic carbocycles. The summed E-state index contributed by atoms with van der Waals surface area (Å²) in [5, 5.41) is 2.54. The Morgan fingerprint density at radius 3 is 1.59 bits per heavy atom. The average molecular weight is 556 g/mol. The highest BCUT2D eigenvalue weighted by Gasteiger charge is 2.20. The average Bonchev–Trinajstić information content (AvgIpc) is 2.85. The molecule has 0 unspecified atom stereocenters. The van der Waals surface area contributed by atoms with Crippen molar-refractivity contribution < 1.29 is 38.5 Å². The fourth-order valence-electron chi connectivity index (χ4n) is 4.67. The molecule has 0 amide bonds. The Morgan fingerprint density at radius 2 is 1.03 bits per heavy atom. The first-order valence-electron chi connectivity index (χ1n) is 14.6. The number of likely N-dealkylation sites (N-methyl/N-ethyl adjacent to an activating group) is 2. The van der Waals surface area contributed by atoms with E-state index in [0.717, 1.165) is 23.3 Å². The van der Waals surface area contributed by atoms with Crippen molar-refractivity contribution in [2.45, 2.75) is 84.0 Å². The first kappa shape index (κ1) is 36.0. The van der Waals surface area contributed by atoms with Crippen LogP contribution in [0, 0.1) is 0 Å². The molecule has 0 bridgehead atoms. The van der Waals surface area contributed by atoms with E-state index in [-0.39, 0.29) is 24.8 Å². The summed E-state index contributed by atoms with van der Waals surface area (Å²) in [6.45, 7) is 8.26. The van der Waals surface area contributed by atoms with Crippen LogP contribution in [0.15, 0.2) is 42.5 Å². The lowest BCUT2D eigenvalue weighted by molar-refractivity contribution is -0.945. The van der Waals surface area contributed by atoms with Crippen molar-refractivity contribution in [1.82, 2.24) is 0 Å². The van der Waals surface area contributed by atoms with Gasteiger partial charge in [0.2, 0.25) is 0 Å². The summed E-state index contributed by atoms with van der Waals surface area (Å²) in [7, 11) is 9.52. The molecule has 5 heteroatoms. The summed E-state index contributed by atoms with van der Waals surface area (Å²) < 4.78 is 8.28. The minimum Gasteiger partial charge on any atom is -1.00 e. The topological polar surface area (TPSA) is 9.23 Å². The summed E-state index contributed by atoms with van der Waals surface area (Å²) in [6, 6.07) is 14.9. The van der Waals surface area contributed by atoms with Gasteiger partial charge in [0.25, 0.3) is 0 Å². The molecule has 0 atom stereocenters. The molecule has 0 aromatic heterocycles. The number of hydrogen-bond acceptors (Lipinski definition) is 1. The van der Waals surface area contributed by atoms with Gasteiger partial charge in [-0.15, -0.1) is 0 Å². The van der Waals surface area contributed by atoms with Gasteiger partial charge in [0.1, 0.15) is 18.8 Å². The molecule has 0 spiro atoms. The second-order valence-corrected chi connectivity index (χ2v) is 12.0. The number of halogens is 2. The number of unbranched alkanes of at least 4 members (excludes halogenated alkanes) is 11. The minimum atomic E-state index is 0. The highest BCUT2D eigenvalue weighted by atomic mass is 35.5. The molecule has 37 heavy (non-hydrogen) atoms. The molecule has 0 radical (unpaired) electrons. The van der Waals surface area contributed by atoms with E-state index in [9.17, 15) is 0 Å². The van der Waals surface area contributed by atoms with Crippen LogP contribution >= 0.6 is 0 Å². The summed E-state index contributed by atoms with van der Waals surface area (Å²) >= 11 is 0. The van der Waals surface area contributed by atoms with Gasteiger partial charge in [-0.05, 0) is 49.1 Å². The van der Waals surface area contributed by atoms with Gasteiger partial charge in [-0.2, -0.15) is 0 Å². The highest BCUT2D eigenvalue weighted by molar-refractivity contribution is 5.83. The van der Waals surface area contributed by atoms with E-state index in [0.29, 0.717) is 0 Å². The zero-order valence-corrected chi connectivity index (χ0v) is 26.1. The third-order valence-corrected chi connectivity index (χ3v) is 7.81. The van der Waals surface area contributed by atoms with E-state index in [2.05, 4.69) is 77.6 Å². The van der Waals surface area contributed by atoms with Crippen LogP contribution in [-0.2, 0) is 0 Å². The maximum absolute atomic E-state index is 5.96. The maximum Gasteiger partial charge on any atom is 0.128 e. The van der Waals surface area contributed by atoms with Crippen LogP contribution in [0.5, 0.6) is 5.75 Å². The second-order valence-electron chi connectivity index (χ2n) is 12.0. The summed E-state index contributed by atoms with van der Waals surface area (Å²) in [4.78, 5) is 0. The van der Waals surface area contributed by atoms with Crippen LogP contribution in [0.4, 0.5) is 0 Å². The lowest BCUT2D eigenvalue weighted by Gasteiger charge is -2.35. The van der Waals surface area contributed by atoms with Crippen molar-refractivity contribution in [2.24, 2.45) is 0 Å². The summed E-state index contributed by atoms with van der Waals surface area (Å²) in [5.74, 6) is 1.00.